The molecule has 2 unspecified atom stereocenters. The third-order valence-electron chi connectivity index (χ3n) is 12.1. The molecule has 22 nitrogen and oxygen atoms in total. The number of aliphatic hydroxyl groups is 2. The number of hydrogen-bond donors (Lipinski definition) is 11. The van der Waals surface area contributed by atoms with E-state index >= 15 is 0 Å². The molecule has 12 N–H and O–H groups in total. The molecular weight excluding hydrogens is 901 g/mol. The molecule has 10 atom stereocenters. The van der Waals surface area contributed by atoms with Crippen LogP contribution in [0.15, 0.2) is 48.5 Å². The summed E-state index contributed by atoms with van der Waals surface area (Å²) in [5.41, 5.74) is 9.49. The van der Waals surface area contributed by atoms with E-state index in [-0.39, 0.29) is 68.3 Å². The molecule has 0 aromatic heterocycles. The number of hydrazine groups is 1. The Balaban J connectivity index is 1.91. The van der Waals surface area contributed by atoms with E-state index in [0.717, 1.165) is 9.91 Å². The number of Topliss-reactive ketones (excluding diaryl/α,β-unsaturated/α-hetero) is 3. The number of aliphatic carboxylic acids is 1. The van der Waals surface area contributed by atoms with Crippen LogP contribution in [-0.4, -0.2) is 169 Å². The van der Waals surface area contributed by atoms with Crippen LogP contribution in [0, 0.1) is 5.92 Å². The largest absolute Gasteiger partial charge is 0.508 e. The molecule has 378 valence electrons. The lowest BCUT2D eigenvalue weighted by Gasteiger charge is -2.35. The maximum absolute atomic E-state index is 14.9. The highest BCUT2D eigenvalue weighted by Crippen LogP contribution is 2.24. The van der Waals surface area contributed by atoms with Gasteiger partial charge in [-0.2, -0.15) is 0 Å². The molecule has 2 saturated heterocycles. The van der Waals surface area contributed by atoms with Gasteiger partial charge in [0, 0.05) is 19.4 Å². The van der Waals surface area contributed by atoms with Gasteiger partial charge in [-0.25, -0.2) is 5.43 Å². The van der Waals surface area contributed by atoms with Gasteiger partial charge in [-0.3, -0.25) is 54.0 Å². The molecule has 0 bridgehead atoms. The summed E-state index contributed by atoms with van der Waals surface area (Å²) in [6.07, 6.45) is -2.44. The summed E-state index contributed by atoms with van der Waals surface area (Å²) in [5, 5.41) is 63.2. The zero-order valence-electron chi connectivity index (χ0n) is 39.2. The zero-order valence-corrected chi connectivity index (χ0v) is 39.2. The number of carboxylic acid groups (broad SMARTS) is 1. The van der Waals surface area contributed by atoms with Crippen LogP contribution in [0.1, 0.15) is 77.3 Å². The third kappa shape index (κ3) is 15.9. The van der Waals surface area contributed by atoms with E-state index < -0.39 is 121 Å². The average Bonchev–Trinajstić information content (AvgIpc) is 3.79. The summed E-state index contributed by atoms with van der Waals surface area (Å²) >= 11 is 0. The van der Waals surface area contributed by atoms with E-state index in [2.05, 4.69) is 26.7 Å². The van der Waals surface area contributed by atoms with Gasteiger partial charge < -0.3 is 51.6 Å². The molecule has 2 aliphatic rings. The molecule has 2 fully saturated rings. The first kappa shape index (κ1) is 55.4. The van der Waals surface area contributed by atoms with Crippen LogP contribution >= 0.6 is 0 Å². The van der Waals surface area contributed by atoms with Crippen molar-refractivity contribution < 1.29 is 68.7 Å². The SMILES string of the molecule is CC(=O)[C@H](CC(C)C)NC1CCC(C(=O)[C@@H]2CCCN2C(=O)[C@@H](N)CC(=O)O)N[C@@H](CO)C(=O)N[C@@H](Cc2ccc(O)cc2)C(=O)N[C@@H](Cc2ccc(O)cc2)C(=O)N(CC=O)N[C@@H]([C@H](C)O)C1=O. The van der Waals surface area contributed by atoms with Crippen molar-refractivity contribution in [2.45, 2.75) is 140 Å². The average molecular weight is 967 g/mol. The van der Waals surface area contributed by atoms with Crippen LogP contribution < -0.4 is 32.4 Å². The first-order valence-electron chi connectivity index (χ1n) is 23.0. The summed E-state index contributed by atoms with van der Waals surface area (Å²) in [6.45, 7) is 4.63. The minimum atomic E-state index is -1.68. The number of aliphatic hydroxyl groups excluding tert-OH is 2. The fraction of sp³-hybridized carbons (Fsp3) is 0.553. The number of phenols is 2. The molecular formula is C47H66N8O14. The smallest absolute Gasteiger partial charge is 0.305 e. The summed E-state index contributed by atoms with van der Waals surface area (Å²) in [6, 6.07) is -1.60. The van der Waals surface area contributed by atoms with Gasteiger partial charge in [0.25, 0.3) is 5.91 Å². The van der Waals surface area contributed by atoms with Gasteiger partial charge in [0.15, 0.2) is 11.6 Å². The highest BCUT2D eigenvalue weighted by Gasteiger charge is 2.43. The number of benzene rings is 2. The number of hydrogen-bond acceptors (Lipinski definition) is 17. The van der Waals surface area contributed by atoms with Crippen LogP contribution in [0.5, 0.6) is 11.5 Å². The van der Waals surface area contributed by atoms with E-state index in [1.165, 1.54) is 62.4 Å². The van der Waals surface area contributed by atoms with Gasteiger partial charge in [0.1, 0.15) is 47.7 Å². The lowest BCUT2D eigenvalue weighted by molar-refractivity contribution is -0.144. The normalized spacial score (nSPS) is 24.7. The number of ketones is 3. The van der Waals surface area contributed by atoms with Crippen LogP contribution in [-0.2, 0) is 56.0 Å². The first-order chi connectivity index (χ1) is 32.6. The third-order valence-corrected chi connectivity index (χ3v) is 12.1. The molecule has 0 aliphatic carbocycles. The molecule has 22 heteroatoms. The van der Waals surface area contributed by atoms with E-state index in [9.17, 15) is 68.7 Å². The molecule has 2 aromatic carbocycles. The van der Waals surface area contributed by atoms with Gasteiger partial charge in [-0.1, -0.05) is 38.1 Å². The minimum absolute atomic E-state index is 0.0386. The van der Waals surface area contributed by atoms with E-state index in [1.807, 2.05) is 13.8 Å². The number of rotatable bonds is 18. The predicted molar refractivity (Wildman–Crippen MR) is 247 cm³/mol. The Bertz CT molecular complexity index is 2140. The second-order valence-corrected chi connectivity index (χ2v) is 18.1. The Morgan fingerprint density at radius 3 is 1.94 bits per heavy atom. The fourth-order valence-electron chi connectivity index (χ4n) is 8.47. The van der Waals surface area contributed by atoms with Crippen molar-refractivity contribution in [3.63, 3.8) is 0 Å². The lowest BCUT2D eigenvalue weighted by Crippen LogP contribution is -2.64. The maximum atomic E-state index is 14.9. The van der Waals surface area contributed by atoms with Crippen LogP contribution in [0.3, 0.4) is 0 Å². The molecule has 69 heavy (non-hydrogen) atoms. The summed E-state index contributed by atoms with van der Waals surface area (Å²) < 4.78 is 0. The highest BCUT2D eigenvalue weighted by atomic mass is 16.4. The lowest BCUT2D eigenvalue weighted by atomic mass is 9.90. The Hall–Kier alpha value is -6.17. The van der Waals surface area contributed by atoms with Crippen molar-refractivity contribution in [2.24, 2.45) is 11.7 Å². The Morgan fingerprint density at radius 1 is 0.855 bits per heavy atom. The van der Waals surface area contributed by atoms with Gasteiger partial charge in [-0.05, 0) is 87.3 Å². The monoisotopic (exact) mass is 966 g/mol. The van der Waals surface area contributed by atoms with Crippen molar-refractivity contribution in [1.29, 1.82) is 0 Å². The van der Waals surface area contributed by atoms with Gasteiger partial charge >= 0.3 is 5.97 Å². The molecule has 0 saturated carbocycles. The quantitative estimate of drug-likeness (QED) is 0.0730. The van der Waals surface area contributed by atoms with Crippen molar-refractivity contribution in [1.82, 2.24) is 36.6 Å². The molecule has 0 radical (unpaired) electrons. The molecule has 0 spiro atoms. The number of nitrogens with zero attached hydrogens (tertiary/aromatic N) is 2. The summed E-state index contributed by atoms with van der Waals surface area (Å²) in [4.78, 5) is 125. The Kier molecular flexibility index (Phi) is 20.9. The topological polar surface area (TPSA) is 347 Å². The predicted octanol–water partition coefficient (Wildman–Crippen LogP) is -1.86. The Morgan fingerprint density at radius 2 is 1.42 bits per heavy atom. The standard InChI is InChI=1S/C47H66N8O14/c1-25(2)20-35(26(3)58)49-34-16-15-33(42(64)39-6-5-17-54(39)46(68)32(48)23-40(62)63)50-38(24-57)45(67)51-36(21-28-7-11-30(60)12-8-28)44(66)52-37(22-29-9-13-31(61)14-10-29)47(69)55(18-19-56)53-41(27(4)59)43(34)65/h7-14,19,25,27,32-39,41,49-50,53,57,59-61H,5-6,15-18,20-24,48H2,1-4H3,(H,51,67)(H,52,66)(H,62,63)/t27-,32-,33?,34?,35-,36-,37-,38-,39-,41-/m0/s1. The van der Waals surface area contributed by atoms with Crippen molar-refractivity contribution in [3.8, 4) is 11.5 Å². The highest BCUT2D eigenvalue weighted by molar-refractivity contribution is 5.97. The maximum Gasteiger partial charge on any atom is 0.305 e. The number of nitrogens with two attached hydrogens (primary N) is 1. The zero-order chi connectivity index (χ0) is 51.1. The number of carbonyl (C=O) groups excluding carboxylic acids is 8. The number of carboxylic acids is 1. The second-order valence-electron chi connectivity index (χ2n) is 18.1. The van der Waals surface area contributed by atoms with Crippen LogP contribution in [0.2, 0.25) is 0 Å². The molecule has 2 aliphatic heterocycles. The van der Waals surface area contributed by atoms with E-state index in [4.69, 9.17) is 5.73 Å². The molecule has 4 rings (SSSR count). The number of nitrogens with one attached hydrogen (secondary N) is 5. The number of likely N-dealkylation sites (tertiary alicyclic amines) is 1. The van der Waals surface area contributed by atoms with Crippen molar-refractivity contribution >= 4 is 53.2 Å². The summed E-state index contributed by atoms with van der Waals surface area (Å²) in [7, 11) is 0. The minimum Gasteiger partial charge on any atom is -0.508 e. The first-order valence-corrected chi connectivity index (χ1v) is 23.0. The summed E-state index contributed by atoms with van der Waals surface area (Å²) in [5.74, 6) is -7.20. The number of carbonyl (C=O) groups is 9. The number of phenolic OH excluding ortho intramolecular Hbond substituents is 2. The number of aromatic hydroxyl groups is 2. The van der Waals surface area contributed by atoms with Gasteiger partial charge in [-0.15, -0.1) is 0 Å². The fourth-order valence-corrected chi connectivity index (χ4v) is 8.47. The van der Waals surface area contributed by atoms with Gasteiger partial charge in [0.2, 0.25) is 17.7 Å². The van der Waals surface area contributed by atoms with Crippen molar-refractivity contribution in [2.75, 3.05) is 19.7 Å². The number of amides is 4. The second kappa shape index (κ2) is 26.0. The Labute approximate surface area is 399 Å². The molecule has 2 heterocycles. The molecule has 2 aromatic rings. The van der Waals surface area contributed by atoms with Crippen molar-refractivity contribution in [3.05, 3.63) is 59.7 Å². The van der Waals surface area contributed by atoms with E-state index in [1.54, 1.807) is 0 Å². The van der Waals surface area contributed by atoms with Crippen LogP contribution in [0.4, 0.5) is 0 Å². The van der Waals surface area contributed by atoms with E-state index in [0.29, 0.717) is 23.8 Å². The van der Waals surface area contributed by atoms with Crippen LogP contribution in [0.25, 0.3) is 0 Å². The van der Waals surface area contributed by atoms with Gasteiger partial charge in [0.05, 0.1) is 55.9 Å². The molecule has 4 amide bonds. The number of aldehydes is 1.